The highest BCUT2D eigenvalue weighted by Gasteiger charge is 2.11. The third kappa shape index (κ3) is 3.24. The standard InChI is InChI=1S/C13H15N3O3S/c1-3-13-15-8-10(20-13)7-14-11-5-4-9(16(17)18)6-12(11)19-2/h4-6,8,14H,3,7H2,1-2H3. The van der Waals surface area contributed by atoms with E-state index in [2.05, 4.69) is 17.2 Å². The van der Waals surface area contributed by atoms with Gasteiger partial charge in [0.1, 0.15) is 5.75 Å². The first-order valence-corrected chi connectivity index (χ1v) is 6.95. The average molecular weight is 293 g/mol. The molecule has 0 unspecified atom stereocenters. The van der Waals surface area contributed by atoms with Crippen LogP contribution in [0.3, 0.4) is 0 Å². The van der Waals surface area contributed by atoms with Crippen LogP contribution in [0.5, 0.6) is 5.75 Å². The van der Waals surface area contributed by atoms with Crippen LogP contribution < -0.4 is 10.1 Å². The molecule has 0 bridgehead atoms. The molecular formula is C13H15N3O3S. The molecule has 1 aromatic heterocycles. The average Bonchev–Trinajstić information content (AvgIpc) is 2.92. The molecule has 0 saturated heterocycles. The second-order valence-electron chi connectivity index (χ2n) is 4.07. The first kappa shape index (κ1) is 14.3. The fraction of sp³-hybridized carbons (Fsp3) is 0.308. The second-order valence-corrected chi connectivity index (χ2v) is 5.27. The molecule has 0 saturated carbocycles. The van der Waals surface area contributed by atoms with Crippen LogP contribution in [0.1, 0.15) is 16.8 Å². The van der Waals surface area contributed by atoms with E-state index in [-0.39, 0.29) is 5.69 Å². The molecule has 106 valence electrons. The van der Waals surface area contributed by atoms with Crippen LogP contribution in [-0.4, -0.2) is 17.0 Å². The Kier molecular flexibility index (Phi) is 4.52. The lowest BCUT2D eigenvalue weighted by molar-refractivity contribution is -0.384. The van der Waals surface area contributed by atoms with Crippen molar-refractivity contribution in [3.63, 3.8) is 0 Å². The quantitative estimate of drug-likeness (QED) is 0.653. The first-order valence-electron chi connectivity index (χ1n) is 6.14. The van der Waals surface area contributed by atoms with E-state index in [1.807, 2.05) is 6.20 Å². The normalized spacial score (nSPS) is 10.3. The number of aromatic nitrogens is 1. The van der Waals surface area contributed by atoms with E-state index >= 15 is 0 Å². The Balaban J connectivity index is 2.10. The van der Waals surface area contributed by atoms with Gasteiger partial charge in [0.05, 0.1) is 35.3 Å². The summed E-state index contributed by atoms with van der Waals surface area (Å²) in [4.78, 5) is 15.7. The topological polar surface area (TPSA) is 77.3 Å². The zero-order valence-electron chi connectivity index (χ0n) is 11.3. The maximum Gasteiger partial charge on any atom is 0.273 e. The molecule has 0 aliphatic rings. The van der Waals surface area contributed by atoms with Crippen molar-refractivity contribution < 1.29 is 9.66 Å². The van der Waals surface area contributed by atoms with E-state index in [1.165, 1.54) is 19.2 Å². The number of ether oxygens (including phenoxy) is 1. The number of nitro groups is 1. The minimum Gasteiger partial charge on any atom is -0.494 e. The molecule has 6 nitrogen and oxygen atoms in total. The number of nitro benzene ring substituents is 1. The molecule has 20 heavy (non-hydrogen) atoms. The van der Waals surface area contributed by atoms with Crippen LogP contribution >= 0.6 is 11.3 Å². The Morgan fingerprint density at radius 1 is 1.50 bits per heavy atom. The van der Waals surface area contributed by atoms with Crippen molar-refractivity contribution in [2.24, 2.45) is 0 Å². The molecule has 0 amide bonds. The van der Waals surface area contributed by atoms with Crippen molar-refractivity contribution in [1.82, 2.24) is 4.98 Å². The smallest absolute Gasteiger partial charge is 0.273 e. The minimum absolute atomic E-state index is 0.0125. The number of methoxy groups -OCH3 is 1. The van der Waals surface area contributed by atoms with E-state index in [1.54, 1.807) is 17.4 Å². The number of nitrogens with zero attached hydrogens (tertiary/aromatic N) is 2. The van der Waals surface area contributed by atoms with Gasteiger partial charge in [-0.2, -0.15) is 0 Å². The number of rotatable bonds is 6. The molecule has 0 fully saturated rings. The van der Waals surface area contributed by atoms with E-state index in [4.69, 9.17) is 4.74 Å². The van der Waals surface area contributed by atoms with Crippen LogP contribution in [0.25, 0.3) is 0 Å². The Bertz CT molecular complexity index is 613. The number of thiazole rings is 1. The van der Waals surface area contributed by atoms with Crippen molar-refractivity contribution in [1.29, 1.82) is 0 Å². The molecule has 1 N–H and O–H groups in total. The Labute approximate surface area is 120 Å². The fourth-order valence-corrected chi connectivity index (χ4v) is 2.52. The highest BCUT2D eigenvalue weighted by molar-refractivity contribution is 7.11. The van der Waals surface area contributed by atoms with Crippen LogP contribution in [0, 0.1) is 10.1 Å². The summed E-state index contributed by atoms with van der Waals surface area (Å²) in [7, 11) is 1.49. The van der Waals surface area contributed by atoms with Crippen molar-refractivity contribution in [3.05, 3.63) is 44.4 Å². The van der Waals surface area contributed by atoms with E-state index in [9.17, 15) is 10.1 Å². The highest BCUT2D eigenvalue weighted by Crippen LogP contribution is 2.29. The van der Waals surface area contributed by atoms with Gasteiger partial charge in [0, 0.05) is 17.1 Å². The highest BCUT2D eigenvalue weighted by atomic mass is 32.1. The van der Waals surface area contributed by atoms with Crippen LogP contribution in [0.4, 0.5) is 11.4 Å². The molecule has 2 rings (SSSR count). The number of non-ortho nitro benzene ring substituents is 1. The van der Waals surface area contributed by atoms with E-state index in [0.717, 1.165) is 22.0 Å². The maximum atomic E-state index is 10.7. The largest absolute Gasteiger partial charge is 0.494 e. The molecule has 1 aromatic carbocycles. The number of hydrogen-bond donors (Lipinski definition) is 1. The summed E-state index contributed by atoms with van der Waals surface area (Å²) in [5, 5.41) is 15.0. The number of benzene rings is 1. The SMILES string of the molecule is CCc1ncc(CNc2ccc([N+](=O)[O-])cc2OC)s1. The summed E-state index contributed by atoms with van der Waals surface area (Å²) in [6, 6.07) is 4.51. The third-order valence-corrected chi connectivity index (χ3v) is 3.89. The monoisotopic (exact) mass is 293 g/mol. The summed E-state index contributed by atoms with van der Waals surface area (Å²) < 4.78 is 5.17. The van der Waals surface area contributed by atoms with Crippen LogP contribution in [0.15, 0.2) is 24.4 Å². The van der Waals surface area contributed by atoms with Crippen molar-refractivity contribution in [2.45, 2.75) is 19.9 Å². The first-order chi connectivity index (χ1) is 9.63. The second kappa shape index (κ2) is 6.33. The molecule has 1 heterocycles. The van der Waals surface area contributed by atoms with Gasteiger partial charge in [-0.25, -0.2) is 4.98 Å². The number of anilines is 1. The van der Waals surface area contributed by atoms with Gasteiger partial charge in [-0.1, -0.05) is 6.92 Å². The Morgan fingerprint density at radius 3 is 2.90 bits per heavy atom. The predicted octanol–water partition coefficient (Wildman–Crippen LogP) is 3.23. The van der Waals surface area contributed by atoms with Crippen molar-refractivity contribution in [3.8, 4) is 5.75 Å². The van der Waals surface area contributed by atoms with Gasteiger partial charge in [-0.3, -0.25) is 10.1 Å². The summed E-state index contributed by atoms with van der Waals surface area (Å²) in [6.07, 6.45) is 2.76. The number of nitrogens with one attached hydrogen (secondary N) is 1. The zero-order chi connectivity index (χ0) is 14.5. The summed E-state index contributed by atoms with van der Waals surface area (Å²) >= 11 is 1.65. The van der Waals surface area contributed by atoms with E-state index < -0.39 is 4.92 Å². The molecule has 7 heteroatoms. The third-order valence-electron chi connectivity index (χ3n) is 2.75. The zero-order valence-corrected chi connectivity index (χ0v) is 12.1. The lowest BCUT2D eigenvalue weighted by Crippen LogP contribution is -2.00. The predicted molar refractivity (Wildman–Crippen MR) is 78.5 cm³/mol. The molecule has 2 aromatic rings. The Morgan fingerprint density at radius 2 is 2.30 bits per heavy atom. The fourth-order valence-electron chi connectivity index (χ4n) is 1.72. The number of hydrogen-bond acceptors (Lipinski definition) is 6. The van der Waals surface area contributed by atoms with Gasteiger partial charge in [0.25, 0.3) is 5.69 Å². The van der Waals surface area contributed by atoms with Gasteiger partial charge >= 0.3 is 0 Å². The van der Waals surface area contributed by atoms with Gasteiger partial charge in [-0.05, 0) is 12.5 Å². The molecule has 0 spiro atoms. The minimum atomic E-state index is -0.441. The number of aryl methyl sites for hydroxylation is 1. The molecule has 0 aliphatic carbocycles. The summed E-state index contributed by atoms with van der Waals surface area (Å²) in [5.41, 5.74) is 0.739. The van der Waals surface area contributed by atoms with Crippen LogP contribution in [-0.2, 0) is 13.0 Å². The van der Waals surface area contributed by atoms with Crippen molar-refractivity contribution in [2.75, 3.05) is 12.4 Å². The molecule has 0 aliphatic heterocycles. The lowest BCUT2D eigenvalue weighted by atomic mass is 10.2. The molecular weight excluding hydrogens is 278 g/mol. The molecule has 0 radical (unpaired) electrons. The Hall–Kier alpha value is -2.15. The van der Waals surface area contributed by atoms with Crippen LogP contribution in [0.2, 0.25) is 0 Å². The van der Waals surface area contributed by atoms with Gasteiger partial charge in [0.15, 0.2) is 0 Å². The van der Waals surface area contributed by atoms with Gasteiger partial charge < -0.3 is 10.1 Å². The maximum absolute atomic E-state index is 10.7. The van der Waals surface area contributed by atoms with Gasteiger partial charge in [0.2, 0.25) is 0 Å². The lowest BCUT2D eigenvalue weighted by Gasteiger charge is -2.09. The van der Waals surface area contributed by atoms with E-state index in [0.29, 0.717) is 12.3 Å². The summed E-state index contributed by atoms with van der Waals surface area (Å²) in [5.74, 6) is 0.458. The van der Waals surface area contributed by atoms with Crippen molar-refractivity contribution >= 4 is 22.7 Å². The van der Waals surface area contributed by atoms with Gasteiger partial charge in [-0.15, -0.1) is 11.3 Å². The molecule has 0 atom stereocenters. The summed E-state index contributed by atoms with van der Waals surface area (Å²) in [6.45, 7) is 2.68.